The average Bonchev–Trinajstić information content (AvgIpc) is 2.63. The van der Waals surface area contributed by atoms with Gasteiger partial charge in [-0.2, -0.15) is 0 Å². The van der Waals surface area contributed by atoms with Crippen LogP contribution in [-0.4, -0.2) is 49.9 Å². The summed E-state index contributed by atoms with van der Waals surface area (Å²) in [4.78, 5) is 24.0. The third-order valence-corrected chi connectivity index (χ3v) is 2.62. The molecule has 0 bridgehead atoms. The molecule has 15 heavy (non-hydrogen) atoms. The van der Waals surface area contributed by atoms with Crippen LogP contribution in [0.5, 0.6) is 0 Å². The van der Waals surface area contributed by atoms with E-state index in [2.05, 4.69) is 10.6 Å². The van der Waals surface area contributed by atoms with Gasteiger partial charge in [-0.25, -0.2) is 0 Å². The second-order valence-corrected chi connectivity index (χ2v) is 3.96. The fourth-order valence-electron chi connectivity index (χ4n) is 1.83. The fraction of sp³-hybridized carbons (Fsp3) is 0.800. The summed E-state index contributed by atoms with van der Waals surface area (Å²) in [5.41, 5.74) is 0. The number of hydrogen-bond donors (Lipinski definition) is 2. The predicted octanol–water partition coefficient (Wildman–Crippen LogP) is -0.810. The molecular formula is C10H19N3O2. The molecule has 0 spiro atoms. The van der Waals surface area contributed by atoms with Gasteiger partial charge in [0.25, 0.3) is 0 Å². The molecule has 1 heterocycles. The molecule has 0 aromatic heterocycles. The Labute approximate surface area is 90.2 Å². The number of nitrogens with one attached hydrogen (secondary N) is 2. The quantitative estimate of drug-likeness (QED) is 0.642. The molecule has 1 unspecified atom stereocenters. The van der Waals surface area contributed by atoms with Gasteiger partial charge < -0.3 is 15.5 Å². The van der Waals surface area contributed by atoms with Crippen LogP contribution < -0.4 is 10.6 Å². The molecule has 1 saturated heterocycles. The highest BCUT2D eigenvalue weighted by molar-refractivity contribution is 5.83. The number of rotatable bonds is 4. The zero-order valence-electron chi connectivity index (χ0n) is 9.38. The number of likely N-dealkylation sites (tertiary alicyclic amines) is 1. The van der Waals surface area contributed by atoms with Gasteiger partial charge >= 0.3 is 0 Å². The first kappa shape index (κ1) is 12.0. The van der Waals surface area contributed by atoms with Gasteiger partial charge in [0.15, 0.2) is 0 Å². The van der Waals surface area contributed by atoms with E-state index < -0.39 is 0 Å². The van der Waals surface area contributed by atoms with Crippen LogP contribution in [0.1, 0.15) is 13.3 Å². The second kappa shape index (κ2) is 5.70. The van der Waals surface area contributed by atoms with Gasteiger partial charge in [-0.15, -0.1) is 0 Å². The molecule has 1 aliphatic heterocycles. The molecule has 1 fully saturated rings. The Hall–Kier alpha value is -1.10. The van der Waals surface area contributed by atoms with Crippen molar-refractivity contribution in [3.8, 4) is 0 Å². The van der Waals surface area contributed by atoms with E-state index in [0.717, 1.165) is 26.1 Å². The van der Waals surface area contributed by atoms with Crippen LogP contribution in [0.25, 0.3) is 0 Å². The highest BCUT2D eigenvalue weighted by Gasteiger charge is 2.25. The van der Waals surface area contributed by atoms with Crippen molar-refractivity contribution in [3.05, 3.63) is 0 Å². The van der Waals surface area contributed by atoms with Crippen molar-refractivity contribution in [2.45, 2.75) is 13.3 Å². The van der Waals surface area contributed by atoms with Gasteiger partial charge in [0.05, 0.1) is 6.54 Å². The first-order chi connectivity index (χ1) is 7.13. The summed E-state index contributed by atoms with van der Waals surface area (Å²) in [7, 11) is 1.92. The van der Waals surface area contributed by atoms with E-state index in [0.29, 0.717) is 5.92 Å². The molecule has 5 heteroatoms. The molecule has 2 N–H and O–H groups in total. The monoisotopic (exact) mass is 213 g/mol. The van der Waals surface area contributed by atoms with Gasteiger partial charge in [0.1, 0.15) is 0 Å². The maximum atomic E-state index is 11.6. The maximum Gasteiger partial charge on any atom is 0.241 e. The molecule has 86 valence electrons. The lowest BCUT2D eigenvalue weighted by Crippen LogP contribution is -2.38. The first-order valence-corrected chi connectivity index (χ1v) is 5.30. The van der Waals surface area contributed by atoms with Crippen molar-refractivity contribution in [2.24, 2.45) is 5.92 Å². The van der Waals surface area contributed by atoms with Crippen LogP contribution in [0.3, 0.4) is 0 Å². The largest absolute Gasteiger partial charge is 0.347 e. The summed E-state index contributed by atoms with van der Waals surface area (Å²) in [6.07, 6.45) is 1.05. The summed E-state index contributed by atoms with van der Waals surface area (Å²) in [6.45, 7) is 4.11. The standard InChI is InChI=1S/C10H19N3O2/c1-8(14)12-6-10(15)13-4-3-9(7-13)5-11-2/h9,11H,3-7H2,1-2H3,(H,12,14). The molecule has 0 radical (unpaired) electrons. The molecule has 2 amide bonds. The number of hydrogen-bond acceptors (Lipinski definition) is 3. The van der Waals surface area contributed by atoms with Crippen molar-refractivity contribution in [3.63, 3.8) is 0 Å². The van der Waals surface area contributed by atoms with E-state index in [1.165, 1.54) is 6.92 Å². The first-order valence-electron chi connectivity index (χ1n) is 5.30. The van der Waals surface area contributed by atoms with Crippen LogP contribution in [0, 0.1) is 5.92 Å². The minimum atomic E-state index is -0.158. The van der Waals surface area contributed by atoms with E-state index in [4.69, 9.17) is 0 Å². The van der Waals surface area contributed by atoms with Crippen LogP contribution in [0.2, 0.25) is 0 Å². The maximum absolute atomic E-state index is 11.6. The van der Waals surface area contributed by atoms with Crippen LogP contribution in [0.4, 0.5) is 0 Å². The Balaban J connectivity index is 2.27. The smallest absolute Gasteiger partial charge is 0.241 e. The fourth-order valence-corrected chi connectivity index (χ4v) is 1.83. The van der Waals surface area contributed by atoms with Crippen molar-refractivity contribution in [1.82, 2.24) is 15.5 Å². The minimum absolute atomic E-state index is 0.0174. The molecule has 1 rings (SSSR count). The second-order valence-electron chi connectivity index (χ2n) is 3.96. The van der Waals surface area contributed by atoms with Gasteiger partial charge in [-0.3, -0.25) is 9.59 Å². The molecule has 0 aromatic carbocycles. The van der Waals surface area contributed by atoms with Crippen molar-refractivity contribution in [2.75, 3.05) is 33.2 Å². The molecule has 1 aliphatic rings. The highest BCUT2D eigenvalue weighted by Crippen LogP contribution is 2.14. The summed E-state index contributed by atoms with van der Waals surface area (Å²) in [5, 5.41) is 5.63. The summed E-state index contributed by atoms with van der Waals surface area (Å²) in [6, 6.07) is 0. The molecule has 0 aliphatic carbocycles. The van der Waals surface area contributed by atoms with Crippen LogP contribution in [0.15, 0.2) is 0 Å². The molecule has 1 atom stereocenters. The van der Waals surface area contributed by atoms with Gasteiger partial charge in [-0.1, -0.05) is 0 Å². The molecule has 5 nitrogen and oxygen atoms in total. The average molecular weight is 213 g/mol. The topological polar surface area (TPSA) is 61.4 Å². The third-order valence-electron chi connectivity index (χ3n) is 2.62. The Morgan fingerprint density at radius 3 is 2.80 bits per heavy atom. The SMILES string of the molecule is CNCC1CCN(C(=O)CNC(C)=O)C1. The Kier molecular flexibility index (Phi) is 4.55. The summed E-state index contributed by atoms with van der Waals surface area (Å²) < 4.78 is 0. The van der Waals surface area contributed by atoms with Gasteiger partial charge in [-0.05, 0) is 25.9 Å². The van der Waals surface area contributed by atoms with Crippen molar-refractivity contribution >= 4 is 11.8 Å². The summed E-state index contributed by atoms with van der Waals surface area (Å²) >= 11 is 0. The minimum Gasteiger partial charge on any atom is -0.347 e. The van der Waals surface area contributed by atoms with Crippen LogP contribution in [-0.2, 0) is 9.59 Å². The number of nitrogens with zero attached hydrogens (tertiary/aromatic N) is 1. The van der Waals surface area contributed by atoms with E-state index in [9.17, 15) is 9.59 Å². The molecular weight excluding hydrogens is 194 g/mol. The Morgan fingerprint density at radius 2 is 2.20 bits per heavy atom. The molecule has 0 aromatic rings. The zero-order chi connectivity index (χ0) is 11.3. The van der Waals surface area contributed by atoms with E-state index in [-0.39, 0.29) is 18.4 Å². The normalized spacial score (nSPS) is 20.4. The van der Waals surface area contributed by atoms with E-state index in [1.807, 2.05) is 11.9 Å². The lowest BCUT2D eigenvalue weighted by molar-refractivity contribution is -0.131. The number of amides is 2. The Morgan fingerprint density at radius 1 is 1.47 bits per heavy atom. The Bertz CT molecular complexity index is 243. The highest BCUT2D eigenvalue weighted by atomic mass is 16.2. The van der Waals surface area contributed by atoms with Gasteiger partial charge in [0.2, 0.25) is 11.8 Å². The summed E-state index contributed by atoms with van der Waals surface area (Å²) in [5.74, 6) is 0.411. The van der Waals surface area contributed by atoms with Crippen LogP contribution >= 0.6 is 0 Å². The van der Waals surface area contributed by atoms with Gasteiger partial charge in [0, 0.05) is 20.0 Å². The molecule has 0 saturated carbocycles. The van der Waals surface area contributed by atoms with E-state index >= 15 is 0 Å². The van der Waals surface area contributed by atoms with Crippen molar-refractivity contribution in [1.29, 1.82) is 0 Å². The van der Waals surface area contributed by atoms with Crippen molar-refractivity contribution < 1.29 is 9.59 Å². The lowest BCUT2D eigenvalue weighted by atomic mass is 10.1. The number of carbonyl (C=O) groups excluding carboxylic acids is 2. The van der Waals surface area contributed by atoms with E-state index in [1.54, 1.807) is 0 Å². The number of carbonyl (C=O) groups is 2. The predicted molar refractivity (Wildman–Crippen MR) is 57.3 cm³/mol. The zero-order valence-corrected chi connectivity index (χ0v) is 9.38. The lowest BCUT2D eigenvalue weighted by Gasteiger charge is -2.16. The third kappa shape index (κ3) is 3.87.